The smallest absolute Gasteiger partial charge is 0.491 e. The molecular weight excluding hydrogens is 378 g/mol. The van der Waals surface area contributed by atoms with Gasteiger partial charge >= 0.3 is 7.12 Å². The molecule has 1 aromatic carbocycles. The zero-order valence-electron chi connectivity index (χ0n) is 12.5. The van der Waals surface area contributed by atoms with Crippen molar-refractivity contribution in [1.29, 1.82) is 0 Å². The molecule has 3 nitrogen and oxygen atoms in total. The number of halogens is 3. The highest BCUT2D eigenvalue weighted by molar-refractivity contribution is 9.09. The van der Waals surface area contributed by atoms with E-state index < -0.39 is 18.3 Å². The van der Waals surface area contributed by atoms with Crippen molar-refractivity contribution >= 4 is 51.7 Å². The van der Waals surface area contributed by atoms with Crippen LogP contribution in [0.3, 0.4) is 0 Å². The van der Waals surface area contributed by atoms with Crippen molar-refractivity contribution in [2.75, 3.05) is 11.9 Å². The summed E-state index contributed by atoms with van der Waals surface area (Å²) in [6, 6.07) is 3.45. The quantitative estimate of drug-likeness (QED) is 0.568. The lowest BCUT2D eigenvalue weighted by Crippen LogP contribution is -2.41. The molecule has 0 aliphatic carbocycles. The van der Waals surface area contributed by atoms with Gasteiger partial charge in [-0.15, -0.1) is 0 Å². The van der Waals surface area contributed by atoms with Crippen molar-refractivity contribution < 1.29 is 14.0 Å². The minimum atomic E-state index is -0.536. The minimum absolute atomic E-state index is 0.419. The molecule has 0 saturated carbocycles. The molecule has 21 heavy (non-hydrogen) atoms. The Hall–Kier alpha value is 0.0649. The summed E-state index contributed by atoms with van der Waals surface area (Å²) in [5.41, 5.74) is -0.112. The van der Waals surface area contributed by atoms with Crippen LogP contribution in [-0.2, 0) is 9.31 Å². The van der Waals surface area contributed by atoms with Gasteiger partial charge in [-0.3, -0.25) is 0 Å². The van der Waals surface area contributed by atoms with Crippen LogP contribution < -0.4 is 10.2 Å². The summed E-state index contributed by atoms with van der Waals surface area (Å²) < 4.78 is 17.6. The second-order valence-electron chi connectivity index (χ2n) is 5.93. The number of rotatable bonds is 4. The molecule has 0 bridgehead atoms. The molecule has 1 aliphatic heterocycles. The number of benzene rings is 1. The van der Waals surface area contributed by atoms with E-state index in [0.717, 1.165) is 10.8 Å². The molecule has 1 aliphatic rings. The van der Waals surface area contributed by atoms with Gasteiger partial charge in [-0.25, -0.2) is 0 Å². The van der Waals surface area contributed by atoms with Crippen LogP contribution in [0, 0.1) is 0 Å². The summed E-state index contributed by atoms with van der Waals surface area (Å²) in [5, 5.41) is 1.70. The number of ether oxygens (including phenoxy) is 1. The van der Waals surface area contributed by atoms with Crippen LogP contribution in [0.5, 0.6) is 5.75 Å². The summed E-state index contributed by atoms with van der Waals surface area (Å²) in [5.74, 6) is 0.574. The lowest BCUT2D eigenvalue weighted by Gasteiger charge is -2.32. The van der Waals surface area contributed by atoms with Gasteiger partial charge in [0, 0.05) is 15.8 Å². The Kier molecular flexibility index (Phi) is 5.21. The maximum Gasteiger partial charge on any atom is 0.496 e. The van der Waals surface area contributed by atoms with Gasteiger partial charge < -0.3 is 14.0 Å². The van der Waals surface area contributed by atoms with Crippen molar-refractivity contribution in [3.63, 3.8) is 0 Å². The third kappa shape index (κ3) is 3.53. The molecule has 0 amide bonds. The molecule has 1 aromatic rings. The van der Waals surface area contributed by atoms with Crippen LogP contribution >= 0.6 is 39.1 Å². The molecule has 116 valence electrons. The van der Waals surface area contributed by atoms with E-state index in [1.807, 2.05) is 27.7 Å². The lowest BCUT2D eigenvalue weighted by molar-refractivity contribution is 0.00578. The maximum atomic E-state index is 6.29. The summed E-state index contributed by atoms with van der Waals surface area (Å²) in [7, 11) is -0.536. The molecule has 1 fully saturated rings. The summed E-state index contributed by atoms with van der Waals surface area (Å²) in [4.78, 5) is 0. The van der Waals surface area contributed by atoms with E-state index in [2.05, 4.69) is 15.9 Å². The molecule has 2 rings (SSSR count). The van der Waals surface area contributed by atoms with Crippen molar-refractivity contribution in [2.24, 2.45) is 0 Å². The Morgan fingerprint density at radius 1 is 1.10 bits per heavy atom. The standard InChI is InChI=1S/C14H18BBrCl2O3/c1-13(2)14(3,4)21-15(20-13)9-7-12(19-6-5-16)11(18)8-10(9)17/h7-8H,5-6H2,1-4H3. The molecule has 0 spiro atoms. The molecular formula is C14H18BBrCl2O3. The second kappa shape index (κ2) is 6.28. The van der Waals surface area contributed by atoms with Crippen molar-refractivity contribution in [1.82, 2.24) is 0 Å². The molecule has 0 atom stereocenters. The van der Waals surface area contributed by atoms with Crippen molar-refractivity contribution in [2.45, 2.75) is 38.9 Å². The topological polar surface area (TPSA) is 27.7 Å². The fraction of sp³-hybridized carbons (Fsp3) is 0.571. The summed E-state index contributed by atoms with van der Waals surface area (Å²) in [6.45, 7) is 8.51. The van der Waals surface area contributed by atoms with Crippen molar-refractivity contribution in [3.05, 3.63) is 22.2 Å². The van der Waals surface area contributed by atoms with E-state index in [1.165, 1.54) is 0 Å². The van der Waals surface area contributed by atoms with E-state index in [-0.39, 0.29) is 0 Å². The first-order chi connectivity index (χ1) is 9.68. The fourth-order valence-corrected chi connectivity index (χ4v) is 2.64. The average molecular weight is 396 g/mol. The fourth-order valence-electron chi connectivity index (χ4n) is 1.95. The summed E-state index contributed by atoms with van der Waals surface area (Å²) in [6.07, 6.45) is 0. The Morgan fingerprint density at radius 2 is 1.67 bits per heavy atom. The molecule has 0 aromatic heterocycles. The van der Waals surface area contributed by atoms with Crippen LogP contribution in [-0.4, -0.2) is 30.3 Å². The van der Waals surface area contributed by atoms with Crippen LogP contribution in [0.25, 0.3) is 0 Å². The number of alkyl halides is 1. The first kappa shape index (κ1) is 17.4. The molecule has 0 unspecified atom stereocenters. The van der Waals surface area contributed by atoms with Gasteiger partial charge in [-0.2, -0.15) is 0 Å². The SMILES string of the molecule is CC1(C)OB(c2cc(OCCBr)c(Cl)cc2Cl)OC1(C)C. The summed E-state index contributed by atoms with van der Waals surface area (Å²) >= 11 is 15.8. The molecule has 0 N–H and O–H groups in total. The van der Waals surface area contributed by atoms with E-state index in [1.54, 1.807) is 12.1 Å². The Balaban J connectivity index is 2.32. The number of hydrogen-bond acceptors (Lipinski definition) is 3. The normalized spacial score (nSPS) is 19.9. The Morgan fingerprint density at radius 3 is 2.19 bits per heavy atom. The largest absolute Gasteiger partial charge is 0.496 e. The van der Waals surface area contributed by atoms with E-state index in [0.29, 0.717) is 22.4 Å². The third-order valence-corrected chi connectivity index (χ3v) is 4.84. The highest BCUT2D eigenvalue weighted by Crippen LogP contribution is 2.38. The molecule has 1 heterocycles. The predicted octanol–water partition coefficient (Wildman–Crippen LogP) is 4.07. The van der Waals surface area contributed by atoms with Gasteiger partial charge in [0.2, 0.25) is 0 Å². The van der Waals surface area contributed by atoms with Gasteiger partial charge in [-0.05, 0) is 39.8 Å². The van der Waals surface area contributed by atoms with Crippen molar-refractivity contribution in [3.8, 4) is 5.75 Å². The molecule has 7 heteroatoms. The zero-order valence-corrected chi connectivity index (χ0v) is 15.6. The van der Waals surface area contributed by atoms with E-state index in [9.17, 15) is 0 Å². The minimum Gasteiger partial charge on any atom is -0.491 e. The van der Waals surface area contributed by atoms with Crippen LogP contribution in [0.2, 0.25) is 10.0 Å². The highest BCUT2D eigenvalue weighted by Gasteiger charge is 2.52. The van der Waals surface area contributed by atoms with Gasteiger partial charge in [-0.1, -0.05) is 39.1 Å². The van der Waals surface area contributed by atoms with Gasteiger partial charge in [0.05, 0.1) is 22.8 Å². The van der Waals surface area contributed by atoms with E-state index in [4.69, 9.17) is 37.2 Å². The number of hydrogen-bond donors (Lipinski definition) is 0. The lowest BCUT2D eigenvalue weighted by atomic mass is 9.79. The van der Waals surface area contributed by atoms with Crippen LogP contribution in [0.4, 0.5) is 0 Å². The molecule has 0 radical (unpaired) electrons. The first-order valence-electron chi connectivity index (χ1n) is 6.71. The zero-order chi connectivity index (χ0) is 15.8. The Bertz CT molecular complexity index is 521. The average Bonchev–Trinajstić information content (AvgIpc) is 2.57. The maximum absolute atomic E-state index is 6.29. The Labute approximate surface area is 144 Å². The predicted molar refractivity (Wildman–Crippen MR) is 91.5 cm³/mol. The van der Waals surface area contributed by atoms with Crippen LogP contribution in [0.15, 0.2) is 12.1 Å². The first-order valence-corrected chi connectivity index (χ1v) is 8.59. The van der Waals surface area contributed by atoms with Crippen LogP contribution in [0.1, 0.15) is 27.7 Å². The van der Waals surface area contributed by atoms with E-state index >= 15 is 0 Å². The van der Waals surface area contributed by atoms with Gasteiger partial charge in [0.1, 0.15) is 5.75 Å². The van der Waals surface area contributed by atoms with Gasteiger partial charge in [0.25, 0.3) is 0 Å². The monoisotopic (exact) mass is 394 g/mol. The molecule has 1 saturated heterocycles. The van der Waals surface area contributed by atoms with Gasteiger partial charge in [0.15, 0.2) is 0 Å². The highest BCUT2D eigenvalue weighted by atomic mass is 79.9. The second-order valence-corrected chi connectivity index (χ2v) is 7.54. The third-order valence-electron chi connectivity index (χ3n) is 3.89.